The van der Waals surface area contributed by atoms with Crippen molar-refractivity contribution in [2.45, 2.75) is 70.4 Å². The molecule has 2 rings (SSSR count). The summed E-state index contributed by atoms with van der Waals surface area (Å²) in [5.41, 5.74) is -0.432. The average molecular weight is 268 g/mol. The van der Waals surface area contributed by atoms with Gasteiger partial charge < -0.3 is 15.3 Å². The molecule has 2 aliphatic rings. The van der Waals surface area contributed by atoms with E-state index in [1.54, 1.807) is 0 Å². The molecule has 0 bridgehead atoms. The van der Waals surface area contributed by atoms with E-state index >= 15 is 0 Å². The third-order valence-electron chi connectivity index (χ3n) is 4.91. The van der Waals surface area contributed by atoms with Gasteiger partial charge in [0.2, 0.25) is 0 Å². The molecule has 1 saturated carbocycles. The van der Waals surface area contributed by atoms with Crippen LogP contribution >= 0.6 is 0 Å². The average Bonchev–Trinajstić information content (AvgIpc) is 2.38. The first kappa shape index (κ1) is 15.3. The molecule has 0 aromatic rings. The number of nitrogens with zero attached hydrogens (tertiary/aromatic N) is 1. The Hall–Kier alpha value is -0.120. The predicted octanol–water partition coefficient (Wildman–Crippen LogP) is 2.39. The highest BCUT2D eigenvalue weighted by Gasteiger charge is 2.33. The van der Waals surface area contributed by atoms with Crippen LogP contribution in [0.2, 0.25) is 0 Å². The first-order valence-electron chi connectivity index (χ1n) is 8.29. The van der Waals surface area contributed by atoms with Crippen molar-refractivity contribution in [1.29, 1.82) is 0 Å². The Kier molecular flexibility index (Phi) is 5.67. The zero-order valence-electron chi connectivity index (χ0n) is 12.8. The van der Waals surface area contributed by atoms with Gasteiger partial charge in [-0.15, -0.1) is 0 Å². The fourth-order valence-electron chi connectivity index (χ4n) is 3.80. The van der Waals surface area contributed by atoms with Crippen LogP contribution in [-0.4, -0.2) is 47.8 Å². The van der Waals surface area contributed by atoms with Crippen LogP contribution in [0.3, 0.4) is 0 Å². The van der Waals surface area contributed by atoms with Crippen LogP contribution in [0.5, 0.6) is 0 Å². The minimum atomic E-state index is -0.432. The van der Waals surface area contributed by atoms with Crippen molar-refractivity contribution < 1.29 is 5.11 Å². The van der Waals surface area contributed by atoms with E-state index in [-0.39, 0.29) is 0 Å². The second kappa shape index (κ2) is 7.05. The van der Waals surface area contributed by atoms with Crippen molar-refractivity contribution in [3.63, 3.8) is 0 Å². The Morgan fingerprint density at radius 1 is 1.26 bits per heavy atom. The van der Waals surface area contributed by atoms with Gasteiger partial charge in [-0.05, 0) is 57.7 Å². The minimum Gasteiger partial charge on any atom is -0.389 e. The van der Waals surface area contributed by atoms with Crippen LogP contribution in [0.4, 0.5) is 0 Å². The number of aliphatic hydroxyl groups is 1. The molecular weight excluding hydrogens is 236 g/mol. The maximum Gasteiger partial charge on any atom is 0.0774 e. The molecule has 2 fully saturated rings. The number of nitrogens with one attached hydrogen (secondary N) is 1. The standard InChI is InChI=1S/C16H32N2O/c1-3-9-18-10-6-15(7-11-18)17-13-16(19)8-4-5-14(2)12-16/h14-15,17,19H,3-13H2,1-2H3. The molecule has 2 N–H and O–H groups in total. The quantitative estimate of drug-likeness (QED) is 0.803. The monoisotopic (exact) mass is 268 g/mol. The molecule has 2 unspecified atom stereocenters. The Balaban J connectivity index is 1.68. The second-order valence-electron chi connectivity index (χ2n) is 6.92. The fraction of sp³-hybridized carbons (Fsp3) is 1.00. The van der Waals surface area contributed by atoms with Gasteiger partial charge in [0.05, 0.1) is 5.60 Å². The van der Waals surface area contributed by atoms with Gasteiger partial charge in [0, 0.05) is 12.6 Å². The summed E-state index contributed by atoms with van der Waals surface area (Å²) in [6.45, 7) is 9.02. The molecule has 0 radical (unpaired) electrons. The summed E-state index contributed by atoms with van der Waals surface area (Å²) in [6.07, 6.45) is 8.19. The molecule has 3 heteroatoms. The highest BCUT2D eigenvalue weighted by molar-refractivity contribution is 4.89. The molecule has 0 aromatic heterocycles. The van der Waals surface area contributed by atoms with Gasteiger partial charge in [0.15, 0.2) is 0 Å². The Morgan fingerprint density at radius 3 is 2.63 bits per heavy atom. The van der Waals surface area contributed by atoms with E-state index in [1.165, 1.54) is 51.7 Å². The van der Waals surface area contributed by atoms with Crippen molar-refractivity contribution in [1.82, 2.24) is 10.2 Å². The van der Waals surface area contributed by atoms with E-state index in [0.717, 1.165) is 19.4 Å². The number of piperidine rings is 1. The van der Waals surface area contributed by atoms with Gasteiger partial charge in [0.1, 0.15) is 0 Å². The van der Waals surface area contributed by atoms with Crippen molar-refractivity contribution in [2.24, 2.45) is 5.92 Å². The van der Waals surface area contributed by atoms with Gasteiger partial charge in [-0.3, -0.25) is 0 Å². The second-order valence-corrected chi connectivity index (χ2v) is 6.92. The number of rotatable bonds is 5. The number of hydrogen-bond donors (Lipinski definition) is 2. The Morgan fingerprint density at radius 2 is 2.00 bits per heavy atom. The van der Waals surface area contributed by atoms with Crippen LogP contribution in [0.1, 0.15) is 58.8 Å². The van der Waals surface area contributed by atoms with Crippen molar-refractivity contribution in [3.8, 4) is 0 Å². The van der Waals surface area contributed by atoms with Gasteiger partial charge in [0.25, 0.3) is 0 Å². The van der Waals surface area contributed by atoms with Crippen LogP contribution in [0, 0.1) is 5.92 Å². The Labute approximate surface area is 118 Å². The molecule has 1 aliphatic heterocycles. The van der Waals surface area contributed by atoms with E-state index in [9.17, 15) is 5.11 Å². The third kappa shape index (κ3) is 4.73. The smallest absolute Gasteiger partial charge is 0.0774 e. The summed E-state index contributed by atoms with van der Waals surface area (Å²) >= 11 is 0. The predicted molar refractivity (Wildman–Crippen MR) is 80.3 cm³/mol. The lowest BCUT2D eigenvalue weighted by Crippen LogP contribution is -2.50. The molecule has 2 atom stereocenters. The molecule has 0 aromatic carbocycles. The zero-order chi connectivity index (χ0) is 13.7. The van der Waals surface area contributed by atoms with Gasteiger partial charge in [-0.2, -0.15) is 0 Å². The van der Waals surface area contributed by atoms with Gasteiger partial charge in [-0.1, -0.05) is 26.7 Å². The van der Waals surface area contributed by atoms with E-state index in [2.05, 4.69) is 24.1 Å². The maximum absolute atomic E-state index is 10.6. The molecular formula is C16H32N2O. The zero-order valence-corrected chi connectivity index (χ0v) is 12.8. The summed E-state index contributed by atoms with van der Waals surface area (Å²) in [5, 5.41) is 14.3. The highest BCUT2D eigenvalue weighted by atomic mass is 16.3. The SMILES string of the molecule is CCCN1CCC(NCC2(O)CCCC(C)C2)CC1. The lowest BCUT2D eigenvalue weighted by Gasteiger charge is -2.38. The lowest BCUT2D eigenvalue weighted by atomic mass is 9.79. The summed E-state index contributed by atoms with van der Waals surface area (Å²) in [6, 6.07) is 0.620. The van der Waals surface area contributed by atoms with Crippen LogP contribution in [-0.2, 0) is 0 Å². The van der Waals surface area contributed by atoms with Crippen molar-refractivity contribution in [3.05, 3.63) is 0 Å². The molecule has 1 saturated heterocycles. The van der Waals surface area contributed by atoms with Crippen molar-refractivity contribution >= 4 is 0 Å². The summed E-state index contributed by atoms with van der Waals surface area (Å²) < 4.78 is 0. The highest BCUT2D eigenvalue weighted by Crippen LogP contribution is 2.31. The van der Waals surface area contributed by atoms with Gasteiger partial charge in [-0.25, -0.2) is 0 Å². The van der Waals surface area contributed by atoms with Crippen LogP contribution < -0.4 is 5.32 Å². The van der Waals surface area contributed by atoms with E-state index in [1.807, 2.05) is 0 Å². The van der Waals surface area contributed by atoms with Crippen LogP contribution in [0.25, 0.3) is 0 Å². The normalized spacial score (nSPS) is 34.6. The van der Waals surface area contributed by atoms with Crippen molar-refractivity contribution in [2.75, 3.05) is 26.2 Å². The Bertz CT molecular complexity index is 263. The van der Waals surface area contributed by atoms with Crippen LogP contribution in [0.15, 0.2) is 0 Å². The molecule has 1 aliphatic carbocycles. The lowest BCUT2D eigenvalue weighted by molar-refractivity contribution is -0.0152. The molecule has 112 valence electrons. The first-order valence-corrected chi connectivity index (χ1v) is 8.29. The molecule has 19 heavy (non-hydrogen) atoms. The molecule has 3 nitrogen and oxygen atoms in total. The minimum absolute atomic E-state index is 0.432. The first-order chi connectivity index (χ1) is 9.11. The summed E-state index contributed by atoms with van der Waals surface area (Å²) in [4.78, 5) is 2.57. The third-order valence-corrected chi connectivity index (χ3v) is 4.91. The topological polar surface area (TPSA) is 35.5 Å². The fourth-order valence-corrected chi connectivity index (χ4v) is 3.80. The number of hydrogen-bond acceptors (Lipinski definition) is 3. The molecule has 0 amide bonds. The van der Waals surface area contributed by atoms with E-state index in [0.29, 0.717) is 12.0 Å². The van der Waals surface area contributed by atoms with Gasteiger partial charge >= 0.3 is 0 Å². The summed E-state index contributed by atoms with van der Waals surface area (Å²) in [7, 11) is 0. The number of likely N-dealkylation sites (tertiary alicyclic amines) is 1. The van der Waals surface area contributed by atoms with E-state index < -0.39 is 5.60 Å². The molecule has 1 heterocycles. The largest absolute Gasteiger partial charge is 0.389 e. The summed E-state index contributed by atoms with van der Waals surface area (Å²) in [5.74, 6) is 0.687. The maximum atomic E-state index is 10.6. The van der Waals surface area contributed by atoms with E-state index in [4.69, 9.17) is 0 Å². The molecule has 0 spiro atoms.